The number of rotatable bonds is 13. The summed E-state index contributed by atoms with van der Waals surface area (Å²) in [6, 6.07) is 0. The third kappa shape index (κ3) is 9.25. The van der Waals surface area contributed by atoms with Gasteiger partial charge in [0.2, 0.25) is 0 Å². The molecule has 0 aliphatic carbocycles. The Bertz CT molecular complexity index is 235. The molecule has 0 saturated heterocycles. The van der Waals surface area contributed by atoms with Crippen LogP contribution in [0.4, 0.5) is 0 Å². The summed E-state index contributed by atoms with van der Waals surface area (Å²) < 4.78 is 9.78. The van der Waals surface area contributed by atoms with E-state index in [9.17, 15) is 4.79 Å². The van der Waals surface area contributed by atoms with Crippen LogP contribution in [0, 0.1) is 0 Å². The van der Waals surface area contributed by atoms with Crippen molar-refractivity contribution < 1.29 is 7.87 Å². The van der Waals surface area contributed by atoms with Gasteiger partial charge in [-0.3, -0.25) is 0 Å². The number of carbonyl (C=O) groups excluding carboxylic acids is 1. The number of unbranched alkanes of at least 4 members (excludes halogenated alkanes) is 5. The summed E-state index contributed by atoms with van der Waals surface area (Å²) in [4.78, 5) is 11.8. The Labute approximate surface area is 131 Å². The Hall–Kier alpha value is 0.269. The first-order valence-corrected chi connectivity index (χ1v) is 16.1. The van der Waals surface area contributed by atoms with Crippen molar-refractivity contribution in [3.8, 4) is 0 Å². The quantitative estimate of drug-likeness (QED) is 0.282. The molecule has 0 N–H and O–H groups in total. The Balaban J connectivity index is 4.30. The molecule has 0 rings (SSSR count). The molecule has 0 unspecified atom stereocenters. The van der Waals surface area contributed by atoms with Gasteiger partial charge < -0.3 is 0 Å². The SMILES string of the molecule is CCCCCCC[CH2][Sn]([CH2]CC)([CH2]CC)[O]C(=O)CC. The summed E-state index contributed by atoms with van der Waals surface area (Å²) in [5, 5.41) is 0. The van der Waals surface area contributed by atoms with E-state index in [-0.39, 0.29) is 5.97 Å². The molecule has 20 heavy (non-hydrogen) atoms. The molecule has 0 bridgehead atoms. The van der Waals surface area contributed by atoms with E-state index in [4.69, 9.17) is 3.07 Å². The van der Waals surface area contributed by atoms with Gasteiger partial charge in [-0.2, -0.15) is 0 Å². The molecule has 0 spiro atoms. The minimum absolute atomic E-state index is 0.0636. The van der Waals surface area contributed by atoms with Crippen LogP contribution in [-0.4, -0.2) is 24.8 Å². The van der Waals surface area contributed by atoms with E-state index in [1.165, 1.54) is 64.7 Å². The molecule has 0 aliphatic rings. The van der Waals surface area contributed by atoms with Crippen LogP contribution in [-0.2, 0) is 7.87 Å². The van der Waals surface area contributed by atoms with Gasteiger partial charge >= 0.3 is 131 Å². The number of carbonyl (C=O) groups is 1. The predicted molar refractivity (Wildman–Crippen MR) is 90.5 cm³/mol. The molecule has 0 amide bonds. The van der Waals surface area contributed by atoms with E-state index < -0.39 is 18.8 Å². The Morgan fingerprint density at radius 3 is 1.80 bits per heavy atom. The second-order valence-electron chi connectivity index (χ2n) is 6.03. The fourth-order valence-corrected chi connectivity index (χ4v) is 15.5. The van der Waals surface area contributed by atoms with Crippen LogP contribution in [0.2, 0.25) is 13.3 Å². The van der Waals surface area contributed by atoms with Gasteiger partial charge in [-0.15, -0.1) is 0 Å². The second kappa shape index (κ2) is 13.0. The normalized spacial score (nSPS) is 11.6. The fraction of sp³-hybridized carbons (Fsp3) is 0.941. The van der Waals surface area contributed by atoms with Crippen LogP contribution in [0.5, 0.6) is 0 Å². The van der Waals surface area contributed by atoms with Crippen molar-refractivity contribution in [2.45, 2.75) is 98.8 Å². The molecule has 0 heterocycles. The third-order valence-corrected chi connectivity index (χ3v) is 17.6. The van der Waals surface area contributed by atoms with Crippen molar-refractivity contribution in [2.24, 2.45) is 0 Å². The Morgan fingerprint density at radius 1 is 0.750 bits per heavy atom. The van der Waals surface area contributed by atoms with E-state index >= 15 is 0 Å². The zero-order valence-electron chi connectivity index (χ0n) is 14.3. The van der Waals surface area contributed by atoms with E-state index in [1.54, 1.807) is 0 Å². The van der Waals surface area contributed by atoms with Crippen LogP contribution in [0.3, 0.4) is 0 Å². The third-order valence-electron chi connectivity index (χ3n) is 4.02. The van der Waals surface area contributed by atoms with Gasteiger partial charge in [0.25, 0.3) is 0 Å². The molecule has 0 fully saturated rings. The molecule has 0 radical (unpaired) electrons. The molecule has 0 atom stereocenters. The topological polar surface area (TPSA) is 26.3 Å². The van der Waals surface area contributed by atoms with Gasteiger partial charge in [0, 0.05) is 0 Å². The van der Waals surface area contributed by atoms with Crippen LogP contribution in [0.25, 0.3) is 0 Å². The zero-order chi connectivity index (χ0) is 15.3. The van der Waals surface area contributed by atoms with Crippen LogP contribution in [0.1, 0.15) is 85.5 Å². The Morgan fingerprint density at radius 2 is 1.30 bits per heavy atom. The van der Waals surface area contributed by atoms with Crippen LogP contribution < -0.4 is 0 Å². The summed E-state index contributed by atoms with van der Waals surface area (Å²) in [6.45, 7) is 8.65. The summed E-state index contributed by atoms with van der Waals surface area (Å²) in [5.41, 5.74) is 0. The van der Waals surface area contributed by atoms with E-state index in [0.717, 1.165) is 0 Å². The van der Waals surface area contributed by atoms with Gasteiger partial charge in [-0.25, -0.2) is 0 Å². The first-order chi connectivity index (χ1) is 9.64. The number of hydrogen-bond acceptors (Lipinski definition) is 2. The molecule has 0 aromatic rings. The standard InChI is InChI=1S/C8H17.C3H6O2.2C3H7.Sn/c1-3-5-7-8-6-4-2;1-2-3(4)5;2*1-3-2;/h1,3-8H2,2H3;2H2,1H3,(H,4,5);2*1,3H2,2H3;/q;;;;+1/p-1. The van der Waals surface area contributed by atoms with Crippen LogP contribution >= 0.6 is 0 Å². The first-order valence-electron chi connectivity index (χ1n) is 8.86. The van der Waals surface area contributed by atoms with Crippen molar-refractivity contribution in [3.05, 3.63) is 0 Å². The summed E-state index contributed by atoms with van der Waals surface area (Å²) >= 11 is -2.63. The van der Waals surface area contributed by atoms with E-state index in [2.05, 4.69) is 20.8 Å². The van der Waals surface area contributed by atoms with Crippen LogP contribution in [0.15, 0.2) is 0 Å². The van der Waals surface area contributed by atoms with Gasteiger partial charge in [0.05, 0.1) is 0 Å². The van der Waals surface area contributed by atoms with Gasteiger partial charge in [0.15, 0.2) is 0 Å². The maximum atomic E-state index is 11.8. The average molecular weight is 391 g/mol. The van der Waals surface area contributed by atoms with Crippen molar-refractivity contribution in [1.82, 2.24) is 0 Å². The number of hydrogen-bond donors (Lipinski definition) is 0. The first kappa shape index (κ1) is 20.3. The van der Waals surface area contributed by atoms with Gasteiger partial charge in [0.1, 0.15) is 0 Å². The molecule has 3 heteroatoms. The van der Waals surface area contributed by atoms with E-state index in [0.29, 0.717) is 6.42 Å². The van der Waals surface area contributed by atoms with Gasteiger partial charge in [-0.1, -0.05) is 0 Å². The van der Waals surface area contributed by atoms with E-state index in [1.807, 2.05) is 6.92 Å². The molecule has 0 saturated carbocycles. The van der Waals surface area contributed by atoms with Gasteiger partial charge in [-0.05, 0) is 0 Å². The molecule has 2 nitrogen and oxygen atoms in total. The molecule has 0 aliphatic heterocycles. The monoisotopic (exact) mass is 392 g/mol. The molecule has 0 aromatic heterocycles. The molecular formula is C17H36O2Sn. The van der Waals surface area contributed by atoms with Crippen molar-refractivity contribution in [3.63, 3.8) is 0 Å². The molecule has 0 aromatic carbocycles. The molecule has 120 valence electrons. The van der Waals surface area contributed by atoms with Crippen molar-refractivity contribution >= 4 is 24.8 Å². The molecular weight excluding hydrogens is 355 g/mol. The summed E-state index contributed by atoms with van der Waals surface area (Å²) in [7, 11) is 0. The Kier molecular flexibility index (Phi) is 13.1. The van der Waals surface area contributed by atoms with Crippen molar-refractivity contribution in [1.29, 1.82) is 0 Å². The zero-order valence-corrected chi connectivity index (χ0v) is 17.2. The second-order valence-corrected chi connectivity index (χ2v) is 17.6. The fourth-order valence-electron chi connectivity index (χ4n) is 2.98. The summed E-state index contributed by atoms with van der Waals surface area (Å²) in [6.07, 6.45) is 10.9. The summed E-state index contributed by atoms with van der Waals surface area (Å²) in [5.74, 6) is 0.0636. The minimum atomic E-state index is -2.63. The maximum absolute atomic E-state index is 11.8. The predicted octanol–water partition coefficient (Wildman–Crippen LogP) is 6.07. The average Bonchev–Trinajstić information content (AvgIpc) is 2.43. The van der Waals surface area contributed by atoms with Crippen molar-refractivity contribution in [2.75, 3.05) is 0 Å².